The Balaban J connectivity index is 2.96. The fraction of sp³-hybridized carbons (Fsp3) is 0.111. The van der Waals surface area contributed by atoms with E-state index in [0.717, 1.165) is 5.56 Å². The second-order valence-corrected chi connectivity index (χ2v) is 2.28. The molecule has 0 fully saturated rings. The van der Waals surface area contributed by atoms with Crippen LogP contribution in [0.4, 0.5) is 0 Å². The topological polar surface area (TPSA) is 29.1 Å². The van der Waals surface area contributed by atoms with Gasteiger partial charge in [0.25, 0.3) is 5.91 Å². The number of amides is 1. The maximum atomic E-state index is 11.0. The smallest absolute Gasteiger partial charge is 0.251 e. The third-order valence-corrected chi connectivity index (χ3v) is 1.42. The van der Waals surface area contributed by atoms with E-state index in [-0.39, 0.29) is 5.91 Å². The van der Waals surface area contributed by atoms with Crippen LogP contribution in [0.3, 0.4) is 0 Å². The molecule has 0 heterocycles. The maximum absolute atomic E-state index is 11.0. The van der Waals surface area contributed by atoms with Crippen molar-refractivity contribution in [3.63, 3.8) is 0 Å². The van der Waals surface area contributed by atoms with Crippen LogP contribution >= 0.6 is 0 Å². The number of carbonyl (C=O) groups excluding carboxylic acids is 1. The molecule has 1 radical (unpaired) electrons. The predicted molar refractivity (Wildman–Crippen MR) is 44.3 cm³/mol. The number of nitrogens with one attached hydrogen (secondary N) is 1. The van der Waals surface area contributed by atoms with Crippen LogP contribution in [-0.4, -0.2) is 13.0 Å². The zero-order valence-electron chi connectivity index (χ0n) is 6.42. The van der Waals surface area contributed by atoms with Gasteiger partial charge in [0.15, 0.2) is 0 Å². The molecule has 0 atom stereocenters. The van der Waals surface area contributed by atoms with E-state index in [1.54, 1.807) is 19.2 Å². The predicted octanol–water partition coefficient (Wildman–Crippen LogP) is 1.23. The van der Waals surface area contributed by atoms with E-state index in [0.29, 0.717) is 5.56 Å². The first-order valence-electron chi connectivity index (χ1n) is 3.38. The lowest BCUT2D eigenvalue weighted by atomic mass is 10.1. The molecule has 0 spiro atoms. The summed E-state index contributed by atoms with van der Waals surface area (Å²) in [7, 11) is 1.61. The van der Waals surface area contributed by atoms with Gasteiger partial charge in [-0.25, -0.2) is 0 Å². The molecule has 11 heavy (non-hydrogen) atoms. The van der Waals surface area contributed by atoms with Gasteiger partial charge in [0.05, 0.1) is 0 Å². The lowest BCUT2D eigenvalue weighted by Gasteiger charge is -1.99. The van der Waals surface area contributed by atoms with E-state index in [4.69, 9.17) is 0 Å². The molecule has 1 N–H and O–H groups in total. The fourth-order valence-electron chi connectivity index (χ4n) is 0.857. The molecule has 0 saturated heterocycles. The van der Waals surface area contributed by atoms with Crippen molar-refractivity contribution in [1.82, 2.24) is 5.32 Å². The van der Waals surface area contributed by atoms with Crippen LogP contribution in [0.2, 0.25) is 0 Å². The number of carbonyl (C=O) groups is 1. The SMILES string of the molecule is [CH2]c1cccc(C(=O)NC)c1. The highest BCUT2D eigenvalue weighted by Crippen LogP contribution is 2.02. The van der Waals surface area contributed by atoms with E-state index in [9.17, 15) is 4.79 Å². The zero-order valence-corrected chi connectivity index (χ0v) is 6.42. The van der Waals surface area contributed by atoms with Crippen LogP contribution in [0.15, 0.2) is 24.3 Å². The Morgan fingerprint density at radius 3 is 2.82 bits per heavy atom. The summed E-state index contributed by atoms with van der Waals surface area (Å²) in [6.07, 6.45) is 0. The second-order valence-electron chi connectivity index (χ2n) is 2.28. The van der Waals surface area contributed by atoms with Gasteiger partial charge in [-0.1, -0.05) is 12.1 Å². The largest absolute Gasteiger partial charge is 0.355 e. The van der Waals surface area contributed by atoms with Crippen molar-refractivity contribution in [2.24, 2.45) is 0 Å². The van der Waals surface area contributed by atoms with Crippen LogP contribution in [0.25, 0.3) is 0 Å². The van der Waals surface area contributed by atoms with Gasteiger partial charge in [-0.15, -0.1) is 0 Å². The first-order valence-corrected chi connectivity index (χ1v) is 3.38. The molecular weight excluding hydrogens is 138 g/mol. The minimum absolute atomic E-state index is 0.0736. The summed E-state index contributed by atoms with van der Waals surface area (Å²) < 4.78 is 0. The average Bonchev–Trinajstić information content (AvgIpc) is 2.03. The van der Waals surface area contributed by atoms with Gasteiger partial charge in [-0.05, 0) is 24.6 Å². The average molecular weight is 148 g/mol. The van der Waals surface area contributed by atoms with Crippen LogP contribution in [0, 0.1) is 6.92 Å². The summed E-state index contributed by atoms with van der Waals surface area (Å²) in [5.74, 6) is -0.0736. The highest BCUT2D eigenvalue weighted by molar-refractivity contribution is 5.94. The molecule has 0 bridgehead atoms. The van der Waals surface area contributed by atoms with Gasteiger partial charge in [-0.3, -0.25) is 4.79 Å². The number of hydrogen-bond donors (Lipinski definition) is 1. The zero-order chi connectivity index (χ0) is 8.27. The molecule has 0 aliphatic carbocycles. The third-order valence-electron chi connectivity index (χ3n) is 1.42. The summed E-state index contributed by atoms with van der Waals surface area (Å²) in [5.41, 5.74) is 1.51. The number of hydrogen-bond acceptors (Lipinski definition) is 1. The summed E-state index contributed by atoms with van der Waals surface area (Å²) in [5, 5.41) is 2.54. The minimum atomic E-state index is -0.0736. The Labute approximate surface area is 66.2 Å². The molecule has 0 aliphatic heterocycles. The molecule has 0 aliphatic rings. The van der Waals surface area contributed by atoms with Crippen molar-refractivity contribution in [3.05, 3.63) is 42.3 Å². The molecule has 0 aromatic heterocycles. The van der Waals surface area contributed by atoms with E-state index in [1.807, 2.05) is 12.1 Å². The van der Waals surface area contributed by atoms with Gasteiger partial charge in [0.1, 0.15) is 0 Å². The summed E-state index contributed by atoms with van der Waals surface area (Å²) in [6.45, 7) is 3.72. The van der Waals surface area contributed by atoms with Crippen molar-refractivity contribution in [1.29, 1.82) is 0 Å². The van der Waals surface area contributed by atoms with E-state index >= 15 is 0 Å². The van der Waals surface area contributed by atoms with Crippen LogP contribution in [0.5, 0.6) is 0 Å². The Kier molecular flexibility index (Phi) is 2.26. The van der Waals surface area contributed by atoms with Crippen LogP contribution in [-0.2, 0) is 0 Å². The maximum Gasteiger partial charge on any atom is 0.251 e. The molecule has 2 nitrogen and oxygen atoms in total. The summed E-state index contributed by atoms with van der Waals surface area (Å²) in [4.78, 5) is 11.0. The lowest BCUT2D eigenvalue weighted by molar-refractivity contribution is 0.0963. The molecule has 1 amide bonds. The first-order chi connectivity index (χ1) is 5.24. The molecule has 1 aromatic carbocycles. The Hall–Kier alpha value is -1.31. The minimum Gasteiger partial charge on any atom is -0.355 e. The monoisotopic (exact) mass is 148 g/mol. The molecular formula is C9H10NO. The normalized spacial score (nSPS) is 9.27. The van der Waals surface area contributed by atoms with E-state index < -0.39 is 0 Å². The van der Waals surface area contributed by atoms with Crippen LogP contribution in [0.1, 0.15) is 15.9 Å². The number of benzene rings is 1. The summed E-state index contributed by atoms with van der Waals surface area (Å²) >= 11 is 0. The molecule has 0 saturated carbocycles. The Morgan fingerprint density at radius 1 is 1.55 bits per heavy atom. The highest BCUT2D eigenvalue weighted by atomic mass is 16.1. The quantitative estimate of drug-likeness (QED) is 0.637. The van der Waals surface area contributed by atoms with Crippen molar-refractivity contribution in [2.75, 3.05) is 7.05 Å². The highest BCUT2D eigenvalue weighted by Gasteiger charge is 2.00. The van der Waals surface area contributed by atoms with E-state index in [2.05, 4.69) is 12.2 Å². The van der Waals surface area contributed by atoms with Gasteiger partial charge in [0, 0.05) is 12.6 Å². The van der Waals surface area contributed by atoms with Crippen molar-refractivity contribution in [2.45, 2.75) is 0 Å². The molecule has 0 unspecified atom stereocenters. The van der Waals surface area contributed by atoms with Crippen molar-refractivity contribution in [3.8, 4) is 0 Å². The van der Waals surface area contributed by atoms with Crippen LogP contribution < -0.4 is 5.32 Å². The lowest BCUT2D eigenvalue weighted by Crippen LogP contribution is -2.17. The number of rotatable bonds is 1. The second kappa shape index (κ2) is 3.19. The van der Waals surface area contributed by atoms with Crippen molar-refractivity contribution >= 4 is 5.91 Å². The molecule has 1 aromatic rings. The molecule has 1 rings (SSSR count). The molecule has 2 heteroatoms. The Bertz CT molecular complexity index is 268. The standard InChI is InChI=1S/C9H10NO/c1-7-4-3-5-8(6-7)9(11)10-2/h3-6H,1H2,2H3,(H,10,11). The van der Waals surface area contributed by atoms with Gasteiger partial charge in [-0.2, -0.15) is 0 Å². The van der Waals surface area contributed by atoms with Gasteiger partial charge >= 0.3 is 0 Å². The molecule has 57 valence electrons. The first kappa shape index (κ1) is 7.79. The fourth-order valence-corrected chi connectivity index (χ4v) is 0.857. The van der Waals surface area contributed by atoms with Crippen molar-refractivity contribution < 1.29 is 4.79 Å². The van der Waals surface area contributed by atoms with Gasteiger partial charge in [0.2, 0.25) is 0 Å². The third kappa shape index (κ3) is 1.80. The Morgan fingerprint density at radius 2 is 2.27 bits per heavy atom. The summed E-state index contributed by atoms with van der Waals surface area (Å²) in [6, 6.07) is 7.17. The van der Waals surface area contributed by atoms with Gasteiger partial charge < -0.3 is 5.32 Å². The van der Waals surface area contributed by atoms with E-state index in [1.165, 1.54) is 0 Å².